The standard InChI is InChI=1S/C25H29FN2O3/c1-2-5-18-16-21(18)25(30)28-14-12-17(13-15-28)24(29)27-19-8-10-20(11-9-19)31-23-7-4-3-6-22(23)26/h3-4,6-11,17-18,21H,2,5,12-16H2,1H3,(H,27,29)/t18-,21+/m1/s1. The van der Waals surface area contributed by atoms with Gasteiger partial charge in [-0.15, -0.1) is 0 Å². The van der Waals surface area contributed by atoms with E-state index in [-0.39, 0.29) is 29.4 Å². The van der Waals surface area contributed by atoms with Crippen LogP contribution in [0.5, 0.6) is 11.5 Å². The molecule has 2 aromatic carbocycles. The van der Waals surface area contributed by atoms with Gasteiger partial charge in [0.05, 0.1) is 0 Å². The van der Waals surface area contributed by atoms with Gasteiger partial charge in [-0.05, 0) is 68.0 Å². The first-order valence-corrected chi connectivity index (χ1v) is 11.2. The van der Waals surface area contributed by atoms with E-state index < -0.39 is 5.82 Å². The second kappa shape index (κ2) is 9.50. The van der Waals surface area contributed by atoms with Gasteiger partial charge in [-0.25, -0.2) is 4.39 Å². The molecule has 4 rings (SSSR count). The molecule has 164 valence electrons. The largest absolute Gasteiger partial charge is 0.454 e. The second-order valence-electron chi connectivity index (χ2n) is 8.54. The molecule has 1 aliphatic heterocycles. The molecule has 0 radical (unpaired) electrons. The van der Waals surface area contributed by atoms with Gasteiger partial charge in [0.1, 0.15) is 5.75 Å². The molecule has 1 saturated heterocycles. The lowest BCUT2D eigenvalue weighted by molar-refractivity contribution is -0.136. The summed E-state index contributed by atoms with van der Waals surface area (Å²) in [7, 11) is 0. The maximum Gasteiger partial charge on any atom is 0.227 e. The topological polar surface area (TPSA) is 58.6 Å². The summed E-state index contributed by atoms with van der Waals surface area (Å²) in [4.78, 5) is 27.2. The normalized spacial score (nSPS) is 20.9. The average molecular weight is 425 g/mol. The van der Waals surface area contributed by atoms with E-state index in [1.165, 1.54) is 6.07 Å². The summed E-state index contributed by atoms with van der Waals surface area (Å²) >= 11 is 0. The van der Waals surface area contributed by atoms with Crippen LogP contribution in [0, 0.1) is 23.6 Å². The first kappa shape index (κ1) is 21.3. The van der Waals surface area contributed by atoms with Gasteiger partial charge in [0, 0.05) is 30.6 Å². The van der Waals surface area contributed by atoms with E-state index in [2.05, 4.69) is 12.2 Å². The Bertz CT molecular complexity index is 923. The average Bonchev–Trinajstić information content (AvgIpc) is 3.56. The number of nitrogens with zero attached hydrogens (tertiary/aromatic N) is 1. The summed E-state index contributed by atoms with van der Waals surface area (Å²) < 4.78 is 19.2. The van der Waals surface area contributed by atoms with Crippen molar-refractivity contribution in [1.82, 2.24) is 4.90 Å². The van der Waals surface area contributed by atoms with Crippen molar-refractivity contribution in [2.45, 2.75) is 39.0 Å². The van der Waals surface area contributed by atoms with Gasteiger partial charge in [0.25, 0.3) is 0 Å². The number of nitrogens with one attached hydrogen (secondary N) is 1. The van der Waals surface area contributed by atoms with E-state index in [4.69, 9.17) is 4.74 Å². The summed E-state index contributed by atoms with van der Waals surface area (Å²) in [5, 5.41) is 2.95. The molecule has 6 heteroatoms. The van der Waals surface area contributed by atoms with Crippen LogP contribution in [0.25, 0.3) is 0 Å². The minimum atomic E-state index is -0.424. The molecule has 31 heavy (non-hydrogen) atoms. The summed E-state index contributed by atoms with van der Waals surface area (Å²) in [5.41, 5.74) is 0.671. The third-order valence-corrected chi connectivity index (χ3v) is 6.26. The molecule has 2 aromatic rings. The fraction of sp³-hybridized carbons (Fsp3) is 0.440. The molecule has 1 heterocycles. The summed E-state index contributed by atoms with van der Waals surface area (Å²) in [6.45, 7) is 3.47. The molecule has 2 amide bonds. The molecule has 0 unspecified atom stereocenters. The lowest BCUT2D eigenvalue weighted by Crippen LogP contribution is -2.42. The van der Waals surface area contributed by atoms with Crippen molar-refractivity contribution in [2.24, 2.45) is 17.8 Å². The van der Waals surface area contributed by atoms with Crippen LogP contribution in [0.2, 0.25) is 0 Å². The molecule has 2 atom stereocenters. The maximum absolute atomic E-state index is 13.7. The van der Waals surface area contributed by atoms with Crippen molar-refractivity contribution in [3.63, 3.8) is 0 Å². The molecular formula is C25H29FN2O3. The highest BCUT2D eigenvalue weighted by Gasteiger charge is 2.44. The van der Waals surface area contributed by atoms with E-state index >= 15 is 0 Å². The Morgan fingerprint density at radius 2 is 1.81 bits per heavy atom. The van der Waals surface area contributed by atoms with E-state index in [1.54, 1.807) is 42.5 Å². The van der Waals surface area contributed by atoms with Crippen LogP contribution < -0.4 is 10.1 Å². The molecule has 5 nitrogen and oxygen atoms in total. The Balaban J connectivity index is 1.25. The Morgan fingerprint density at radius 1 is 1.10 bits per heavy atom. The van der Waals surface area contributed by atoms with Gasteiger partial charge in [-0.3, -0.25) is 9.59 Å². The van der Waals surface area contributed by atoms with E-state index in [0.717, 1.165) is 19.3 Å². The zero-order valence-corrected chi connectivity index (χ0v) is 17.9. The van der Waals surface area contributed by atoms with Gasteiger partial charge in [-0.1, -0.05) is 25.5 Å². The fourth-order valence-electron chi connectivity index (χ4n) is 4.34. The van der Waals surface area contributed by atoms with E-state index in [1.807, 2.05) is 4.90 Å². The second-order valence-corrected chi connectivity index (χ2v) is 8.54. The van der Waals surface area contributed by atoms with Crippen molar-refractivity contribution in [3.8, 4) is 11.5 Å². The van der Waals surface area contributed by atoms with Gasteiger partial charge in [0.2, 0.25) is 11.8 Å². The Morgan fingerprint density at radius 3 is 2.48 bits per heavy atom. The Labute approximate surface area is 182 Å². The highest BCUT2D eigenvalue weighted by molar-refractivity contribution is 5.93. The number of halogens is 1. The number of rotatable bonds is 7. The van der Waals surface area contributed by atoms with Crippen LogP contribution >= 0.6 is 0 Å². The predicted octanol–water partition coefficient (Wildman–Crippen LogP) is 5.23. The summed E-state index contributed by atoms with van der Waals surface area (Å²) in [5.74, 6) is 1.19. The highest BCUT2D eigenvalue weighted by Crippen LogP contribution is 2.43. The van der Waals surface area contributed by atoms with Gasteiger partial charge in [-0.2, -0.15) is 0 Å². The number of ether oxygens (including phenoxy) is 1. The lowest BCUT2D eigenvalue weighted by Gasteiger charge is -2.31. The van der Waals surface area contributed by atoms with Crippen molar-refractivity contribution >= 4 is 17.5 Å². The highest BCUT2D eigenvalue weighted by atomic mass is 19.1. The van der Waals surface area contributed by atoms with Crippen LogP contribution in [0.3, 0.4) is 0 Å². The first-order valence-electron chi connectivity index (χ1n) is 11.2. The van der Waals surface area contributed by atoms with Crippen molar-refractivity contribution in [3.05, 3.63) is 54.3 Å². The number of carbonyl (C=O) groups is 2. The number of anilines is 1. The third kappa shape index (κ3) is 5.24. The van der Waals surface area contributed by atoms with Crippen LogP contribution in [0.15, 0.2) is 48.5 Å². The minimum Gasteiger partial charge on any atom is -0.454 e. The van der Waals surface area contributed by atoms with E-state index in [0.29, 0.717) is 43.3 Å². The zero-order chi connectivity index (χ0) is 21.8. The van der Waals surface area contributed by atoms with Crippen LogP contribution in [-0.2, 0) is 9.59 Å². The number of para-hydroxylation sites is 1. The van der Waals surface area contributed by atoms with Crippen molar-refractivity contribution in [1.29, 1.82) is 0 Å². The molecule has 0 spiro atoms. The number of hydrogen-bond acceptors (Lipinski definition) is 3. The monoisotopic (exact) mass is 424 g/mol. The molecule has 2 fully saturated rings. The molecule has 1 N–H and O–H groups in total. The zero-order valence-electron chi connectivity index (χ0n) is 17.9. The molecule has 0 aromatic heterocycles. The number of benzene rings is 2. The fourth-order valence-corrected chi connectivity index (χ4v) is 4.34. The molecule has 2 aliphatic rings. The summed E-state index contributed by atoms with van der Waals surface area (Å²) in [6, 6.07) is 13.1. The Kier molecular flexibility index (Phi) is 6.54. The van der Waals surface area contributed by atoms with Gasteiger partial charge < -0.3 is 15.0 Å². The number of hydrogen-bond donors (Lipinski definition) is 1. The van der Waals surface area contributed by atoms with Gasteiger partial charge in [0.15, 0.2) is 11.6 Å². The van der Waals surface area contributed by atoms with E-state index in [9.17, 15) is 14.0 Å². The third-order valence-electron chi connectivity index (χ3n) is 6.26. The predicted molar refractivity (Wildman–Crippen MR) is 117 cm³/mol. The molecule has 1 saturated carbocycles. The Hall–Kier alpha value is -2.89. The maximum atomic E-state index is 13.7. The number of carbonyl (C=O) groups excluding carboxylic acids is 2. The van der Waals surface area contributed by atoms with Crippen LogP contribution in [-0.4, -0.2) is 29.8 Å². The first-order chi connectivity index (χ1) is 15.0. The van der Waals surface area contributed by atoms with Crippen LogP contribution in [0.1, 0.15) is 39.0 Å². The quantitative estimate of drug-likeness (QED) is 0.662. The molecular weight excluding hydrogens is 395 g/mol. The number of amides is 2. The molecule has 1 aliphatic carbocycles. The van der Waals surface area contributed by atoms with Crippen molar-refractivity contribution in [2.75, 3.05) is 18.4 Å². The summed E-state index contributed by atoms with van der Waals surface area (Å²) in [6.07, 6.45) is 4.68. The van der Waals surface area contributed by atoms with Crippen LogP contribution in [0.4, 0.5) is 10.1 Å². The lowest BCUT2D eigenvalue weighted by atomic mass is 9.95. The SMILES string of the molecule is CCC[C@@H]1C[C@@H]1C(=O)N1CCC(C(=O)Nc2ccc(Oc3ccccc3F)cc2)CC1. The molecule has 0 bridgehead atoms. The smallest absolute Gasteiger partial charge is 0.227 e. The number of piperidine rings is 1. The minimum absolute atomic E-state index is 0.0230. The van der Waals surface area contributed by atoms with Crippen molar-refractivity contribution < 1.29 is 18.7 Å². The number of likely N-dealkylation sites (tertiary alicyclic amines) is 1. The van der Waals surface area contributed by atoms with Gasteiger partial charge >= 0.3 is 0 Å².